The van der Waals surface area contributed by atoms with Gasteiger partial charge in [0.1, 0.15) is 5.69 Å². The Bertz CT molecular complexity index is 642. The number of H-pyrrole nitrogens is 1. The van der Waals surface area contributed by atoms with Gasteiger partial charge in [-0.2, -0.15) is 0 Å². The van der Waals surface area contributed by atoms with Crippen LogP contribution in [0.25, 0.3) is 0 Å². The molecular weight excluding hydrogens is 294 g/mol. The van der Waals surface area contributed by atoms with Gasteiger partial charge in [0.2, 0.25) is 10.0 Å². The summed E-state index contributed by atoms with van der Waals surface area (Å²) in [5.41, 5.74) is 0.804. The van der Waals surface area contributed by atoms with Gasteiger partial charge in [-0.05, 0) is 25.8 Å². The zero-order valence-corrected chi connectivity index (χ0v) is 12.9. The first-order valence-electron chi connectivity index (χ1n) is 6.72. The molecule has 2 heterocycles. The number of sulfonamides is 1. The number of amides is 1. The quantitative estimate of drug-likeness (QED) is 0.785. The molecule has 1 aromatic heterocycles. The van der Waals surface area contributed by atoms with E-state index in [0.29, 0.717) is 37.2 Å². The maximum Gasteiger partial charge on any atom is 0.267 e. The SMILES string of the molecule is CC(=O)c1c[nH]c(C(=O)NC2CCN(S(C)(=O)=O)CC2)c1. The number of Topliss-reactive ketones (excluding diaryl/α,β-unsaturated/α-hetero) is 1. The summed E-state index contributed by atoms with van der Waals surface area (Å²) in [6.45, 7) is 2.26. The van der Waals surface area contributed by atoms with Crippen LogP contribution in [-0.2, 0) is 10.0 Å². The van der Waals surface area contributed by atoms with Gasteiger partial charge in [0.15, 0.2) is 5.78 Å². The molecule has 7 nitrogen and oxygen atoms in total. The van der Waals surface area contributed by atoms with Crippen molar-refractivity contribution in [3.63, 3.8) is 0 Å². The third-order valence-corrected chi connectivity index (χ3v) is 4.90. The van der Waals surface area contributed by atoms with Crippen molar-refractivity contribution in [3.05, 3.63) is 23.5 Å². The fourth-order valence-corrected chi connectivity index (χ4v) is 3.20. The van der Waals surface area contributed by atoms with Crippen LogP contribution in [-0.4, -0.2) is 54.8 Å². The topological polar surface area (TPSA) is 99.3 Å². The van der Waals surface area contributed by atoms with E-state index in [1.54, 1.807) is 0 Å². The zero-order chi connectivity index (χ0) is 15.6. The van der Waals surface area contributed by atoms with Gasteiger partial charge in [-0.15, -0.1) is 0 Å². The molecule has 1 saturated heterocycles. The van der Waals surface area contributed by atoms with Gasteiger partial charge in [-0.3, -0.25) is 9.59 Å². The highest BCUT2D eigenvalue weighted by atomic mass is 32.2. The molecule has 0 radical (unpaired) electrons. The molecule has 0 atom stereocenters. The molecular formula is C13H19N3O4S. The van der Waals surface area contributed by atoms with Crippen molar-refractivity contribution in [1.82, 2.24) is 14.6 Å². The van der Waals surface area contributed by atoms with Gasteiger partial charge in [0.25, 0.3) is 5.91 Å². The second-order valence-electron chi connectivity index (χ2n) is 5.27. The Hall–Kier alpha value is -1.67. The summed E-state index contributed by atoms with van der Waals surface area (Å²) in [5.74, 6) is -0.382. The summed E-state index contributed by atoms with van der Waals surface area (Å²) in [6.07, 6.45) is 3.86. The predicted molar refractivity (Wildman–Crippen MR) is 77.7 cm³/mol. The summed E-state index contributed by atoms with van der Waals surface area (Å²) < 4.78 is 24.2. The summed E-state index contributed by atoms with van der Waals surface area (Å²) >= 11 is 0. The molecule has 0 saturated carbocycles. The minimum absolute atomic E-state index is 0.0559. The van der Waals surface area contributed by atoms with Crippen molar-refractivity contribution in [2.75, 3.05) is 19.3 Å². The Morgan fingerprint density at radius 2 is 1.95 bits per heavy atom. The molecule has 21 heavy (non-hydrogen) atoms. The minimum atomic E-state index is -3.16. The number of hydrogen-bond donors (Lipinski definition) is 2. The first kappa shape index (κ1) is 15.7. The lowest BCUT2D eigenvalue weighted by atomic mass is 10.1. The standard InChI is InChI=1S/C13H19N3O4S/c1-9(17)10-7-12(14-8-10)13(18)15-11-3-5-16(6-4-11)21(2,19)20/h7-8,11,14H,3-6H2,1-2H3,(H,15,18). The van der Waals surface area contributed by atoms with E-state index in [1.165, 1.54) is 29.7 Å². The van der Waals surface area contributed by atoms with E-state index in [0.717, 1.165) is 0 Å². The Balaban J connectivity index is 1.91. The number of nitrogens with one attached hydrogen (secondary N) is 2. The molecule has 116 valence electrons. The Morgan fingerprint density at radius 1 is 1.33 bits per heavy atom. The van der Waals surface area contributed by atoms with Crippen LogP contribution >= 0.6 is 0 Å². The molecule has 1 fully saturated rings. The van der Waals surface area contributed by atoms with Crippen LogP contribution in [0.4, 0.5) is 0 Å². The number of carbonyl (C=O) groups excluding carboxylic acids is 2. The highest BCUT2D eigenvalue weighted by Crippen LogP contribution is 2.14. The highest BCUT2D eigenvalue weighted by Gasteiger charge is 2.26. The number of aromatic amines is 1. The second-order valence-corrected chi connectivity index (χ2v) is 7.25. The molecule has 2 N–H and O–H groups in total. The molecule has 0 spiro atoms. The molecule has 1 aromatic rings. The fraction of sp³-hybridized carbons (Fsp3) is 0.538. The lowest BCUT2D eigenvalue weighted by molar-refractivity contribution is 0.0919. The number of hydrogen-bond acceptors (Lipinski definition) is 4. The van der Waals surface area contributed by atoms with Crippen LogP contribution < -0.4 is 5.32 Å². The van der Waals surface area contributed by atoms with Crippen LogP contribution in [0.5, 0.6) is 0 Å². The third kappa shape index (κ3) is 3.92. The van der Waals surface area contributed by atoms with Crippen LogP contribution in [0.15, 0.2) is 12.3 Å². The van der Waals surface area contributed by atoms with Crippen LogP contribution in [0.1, 0.15) is 40.6 Å². The van der Waals surface area contributed by atoms with Crippen LogP contribution in [0.2, 0.25) is 0 Å². The van der Waals surface area contributed by atoms with Gasteiger partial charge < -0.3 is 10.3 Å². The van der Waals surface area contributed by atoms with E-state index in [4.69, 9.17) is 0 Å². The Labute approximate surface area is 123 Å². The number of ketones is 1. The summed E-state index contributed by atoms with van der Waals surface area (Å²) in [5, 5.41) is 2.86. The number of piperidine rings is 1. The second kappa shape index (κ2) is 5.98. The van der Waals surface area contributed by atoms with E-state index >= 15 is 0 Å². The molecule has 1 aliphatic heterocycles. The number of nitrogens with zero attached hydrogens (tertiary/aromatic N) is 1. The van der Waals surface area contributed by atoms with Crippen molar-refractivity contribution in [2.45, 2.75) is 25.8 Å². The van der Waals surface area contributed by atoms with Crippen molar-refractivity contribution in [3.8, 4) is 0 Å². The van der Waals surface area contributed by atoms with Gasteiger partial charge in [0, 0.05) is 30.9 Å². The number of rotatable bonds is 4. The third-order valence-electron chi connectivity index (χ3n) is 3.59. The van der Waals surface area contributed by atoms with Crippen LogP contribution in [0.3, 0.4) is 0 Å². The molecule has 1 aliphatic rings. The average molecular weight is 313 g/mol. The summed E-state index contributed by atoms with van der Waals surface area (Å²) in [4.78, 5) is 26.0. The average Bonchev–Trinajstić information content (AvgIpc) is 2.88. The van der Waals surface area contributed by atoms with E-state index in [1.807, 2.05) is 0 Å². The molecule has 0 bridgehead atoms. The van der Waals surface area contributed by atoms with Crippen molar-refractivity contribution >= 4 is 21.7 Å². The molecule has 2 rings (SSSR count). The maximum absolute atomic E-state index is 12.0. The van der Waals surface area contributed by atoms with E-state index in [2.05, 4.69) is 10.3 Å². The first-order valence-corrected chi connectivity index (χ1v) is 8.57. The smallest absolute Gasteiger partial charge is 0.267 e. The number of aromatic nitrogens is 1. The maximum atomic E-state index is 12.0. The van der Waals surface area contributed by atoms with Crippen molar-refractivity contribution in [2.24, 2.45) is 0 Å². The van der Waals surface area contributed by atoms with Gasteiger partial charge in [-0.1, -0.05) is 0 Å². The fourth-order valence-electron chi connectivity index (χ4n) is 2.32. The van der Waals surface area contributed by atoms with Gasteiger partial charge in [0.05, 0.1) is 6.26 Å². The van der Waals surface area contributed by atoms with Crippen molar-refractivity contribution in [1.29, 1.82) is 0 Å². The minimum Gasteiger partial charge on any atom is -0.356 e. The largest absolute Gasteiger partial charge is 0.356 e. The summed E-state index contributed by atoms with van der Waals surface area (Å²) in [7, 11) is -3.16. The lowest BCUT2D eigenvalue weighted by Gasteiger charge is -2.30. The molecule has 1 amide bonds. The molecule has 0 aliphatic carbocycles. The molecule has 0 unspecified atom stereocenters. The first-order chi connectivity index (χ1) is 9.77. The van der Waals surface area contributed by atoms with Crippen LogP contribution in [0, 0.1) is 0 Å². The molecule has 0 aromatic carbocycles. The summed E-state index contributed by atoms with van der Waals surface area (Å²) in [6, 6.07) is 1.46. The predicted octanol–water partition coefficient (Wildman–Crippen LogP) is 0.371. The van der Waals surface area contributed by atoms with E-state index < -0.39 is 10.0 Å². The highest BCUT2D eigenvalue weighted by molar-refractivity contribution is 7.88. The number of carbonyl (C=O) groups is 2. The van der Waals surface area contributed by atoms with Gasteiger partial charge >= 0.3 is 0 Å². The monoisotopic (exact) mass is 313 g/mol. The Kier molecular flexibility index (Phi) is 4.48. The van der Waals surface area contributed by atoms with E-state index in [9.17, 15) is 18.0 Å². The van der Waals surface area contributed by atoms with Crippen molar-refractivity contribution < 1.29 is 18.0 Å². The molecule has 8 heteroatoms. The van der Waals surface area contributed by atoms with Gasteiger partial charge in [-0.25, -0.2) is 12.7 Å². The lowest BCUT2D eigenvalue weighted by Crippen LogP contribution is -2.46. The zero-order valence-electron chi connectivity index (χ0n) is 12.0. The Morgan fingerprint density at radius 3 is 2.43 bits per heavy atom. The van der Waals surface area contributed by atoms with E-state index in [-0.39, 0.29) is 17.7 Å². The normalized spacial score (nSPS) is 17.6.